The van der Waals surface area contributed by atoms with Gasteiger partial charge < -0.3 is 21.1 Å². The van der Waals surface area contributed by atoms with Crippen molar-refractivity contribution in [2.24, 2.45) is 11.7 Å². The van der Waals surface area contributed by atoms with Crippen molar-refractivity contribution in [2.45, 2.75) is 32.2 Å². The van der Waals surface area contributed by atoms with Crippen LogP contribution in [0.4, 0.5) is 16.2 Å². The summed E-state index contributed by atoms with van der Waals surface area (Å²) in [6.45, 7) is 4.45. The Morgan fingerprint density at radius 3 is 2.77 bits per heavy atom. The van der Waals surface area contributed by atoms with Gasteiger partial charge in [0.15, 0.2) is 0 Å². The van der Waals surface area contributed by atoms with Gasteiger partial charge in [0.05, 0.1) is 11.7 Å². The molecule has 1 aromatic rings. The lowest BCUT2D eigenvalue weighted by Crippen LogP contribution is -2.44. The van der Waals surface area contributed by atoms with Gasteiger partial charge in [0.2, 0.25) is 5.91 Å². The van der Waals surface area contributed by atoms with Crippen LogP contribution in [0.3, 0.4) is 0 Å². The Bertz CT molecular complexity index is 649. The summed E-state index contributed by atoms with van der Waals surface area (Å²) >= 11 is 0. The SMILES string of the molecule is CCNC(=O)N1CCc2ccc(NC(=O)C(N)C3CCOCC3)cc21.Cl. The first-order valence-electron chi connectivity index (χ1n) is 8.92. The van der Waals surface area contributed by atoms with Crippen molar-refractivity contribution in [3.63, 3.8) is 0 Å². The molecule has 2 heterocycles. The molecule has 2 aliphatic rings. The quantitative estimate of drug-likeness (QED) is 0.740. The maximum atomic E-state index is 12.5. The number of nitrogens with zero attached hydrogens (tertiary/aromatic N) is 1. The molecule has 8 heteroatoms. The molecule has 3 amide bonds. The second-order valence-electron chi connectivity index (χ2n) is 6.55. The van der Waals surface area contributed by atoms with E-state index in [2.05, 4.69) is 10.6 Å². The number of anilines is 2. The maximum absolute atomic E-state index is 12.5. The number of urea groups is 1. The molecule has 144 valence electrons. The number of hydrogen-bond donors (Lipinski definition) is 3. The third-order valence-corrected chi connectivity index (χ3v) is 4.90. The first-order chi connectivity index (χ1) is 12.1. The molecule has 0 aromatic heterocycles. The number of hydrogen-bond acceptors (Lipinski definition) is 4. The zero-order valence-corrected chi connectivity index (χ0v) is 15.8. The fourth-order valence-electron chi connectivity index (χ4n) is 3.43. The Labute approximate surface area is 160 Å². The fraction of sp³-hybridized carbons (Fsp3) is 0.556. The third kappa shape index (κ3) is 4.47. The number of nitrogens with one attached hydrogen (secondary N) is 2. The number of rotatable bonds is 4. The molecule has 7 nitrogen and oxygen atoms in total. The molecule has 1 unspecified atom stereocenters. The highest BCUT2D eigenvalue weighted by atomic mass is 35.5. The van der Waals surface area contributed by atoms with Gasteiger partial charge in [-0.05, 0) is 49.8 Å². The molecule has 0 saturated carbocycles. The van der Waals surface area contributed by atoms with Crippen LogP contribution in [0.15, 0.2) is 18.2 Å². The minimum atomic E-state index is -0.545. The minimum absolute atomic E-state index is 0. The minimum Gasteiger partial charge on any atom is -0.381 e. The molecule has 0 radical (unpaired) electrons. The van der Waals surface area contributed by atoms with E-state index in [1.807, 2.05) is 25.1 Å². The Morgan fingerprint density at radius 2 is 2.08 bits per heavy atom. The van der Waals surface area contributed by atoms with E-state index in [-0.39, 0.29) is 30.3 Å². The van der Waals surface area contributed by atoms with E-state index in [4.69, 9.17) is 10.5 Å². The maximum Gasteiger partial charge on any atom is 0.321 e. The van der Waals surface area contributed by atoms with E-state index in [1.165, 1.54) is 0 Å². The van der Waals surface area contributed by atoms with E-state index >= 15 is 0 Å². The summed E-state index contributed by atoms with van der Waals surface area (Å²) in [5, 5.41) is 5.71. The van der Waals surface area contributed by atoms with Gasteiger partial charge in [0, 0.05) is 32.0 Å². The molecule has 1 fully saturated rings. The Kier molecular flexibility index (Phi) is 7.25. The van der Waals surface area contributed by atoms with E-state index in [1.54, 1.807) is 4.90 Å². The molecule has 1 atom stereocenters. The predicted molar refractivity (Wildman–Crippen MR) is 104 cm³/mol. The van der Waals surface area contributed by atoms with Crippen LogP contribution < -0.4 is 21.3 Å². The number of carbonyl (C=O) groups excluding carboxylic acids is 2. The smallest absolute Gasteiger partial charge is 0.321 e. The second kappa shape index (κ2) is 9.21. The van der Waals surface area contributed by atoms with Gasteiger partial charge in [-0.1, -0.05) is 6.07 Å². The van der Waals surface area contributed by atoms with Crippen molar-refractivity contribution in [3.05, 3.63) is 23.8 Å². The van der Waals surface area contributed by atoms with Gasteiger partial charge in [-0.15, -0.1) is 12.4 Å². The molecule has 3 rings (SSSR count). The summed E-state index contributed by atoms with van der Waals surface area (Å²) in [7, 11) is 0. The van der Waals surface area contributed by atoms with Crippen LogP contribution in [0.5, 0.6) is 0 Å². The highest BCUT2D eigenvalue weighted by Crippen LogP contribution is 2.31. The van der Waals surface area contributed by atoms with E-state index < -0.39 is 6.04 Å². The van der Waals surface area contributed by atoms with Gasteiger partial charge in [0.1, 0.15) is 0 Å². The molecule has 26 heavy (non-hydrogen) atoms. The summed E-state index contributed by atoms with van der Waals surface area (Å²) in [5.74, 6) is -0.0376. The molecule has 1 aromatic carbocycles. The lowest BCUT2D eigenvalue weighted by atomic mass is 9.92. The molecule has 0 spiro atoms. The lowest BCUT2D eigenvalue weighted by molar-refractivity contribution is -0.119. The number of carbonyl (C=O) groups is 2. The van der Waals surface area contributed by atoms with Crippen molar-refractivity contribution in [1.82, 2.24) is 5.32 Å². The Morgan fingerprint density at radius 1 is 1.35 bits per heavy atom. The molecule has 0 aliphatic carbocycles. The van der Waals surface area contributed by atoms with Crippen molar-refractivity contribution in [1.29, 1.82) is 0 Å². The molecule has 4 N–H and O–H groups in total. The summed E-state index contributed by atoms with van der Waals surface area (Å²) < 4.78 is 5.32. The van der Waals surface area contributed by atoms with Crippen LogP contribution in [-0.2, 0) is 16.0 Å². The number of nitrogens with two attached hydrogens (primary N) is 1. The Balaban J connectivity index is 0.00000243. The fourth-order valence-corrected chi connectivity index (χ4v) is 3.43. The van der Waals surface area contributed by atoms with Gasteiger partial charge in [-0.2, -0.15) is 0 Å². The first-order valence-corrected chi connectivity index (χ1v) is 8.92. The number of halogens is 1. The molecule has 0 bridgehead atoms. The summed E-state index contributed by atoms with van der Waals surface area (Å²) in [5.41, 5.74) is 8.75. The normalized spacial score (nSPS) is 17.8. The van der Waals surface area contributed by atoms with E-state index in [9.17, 15) is 9.59 Å². The summed E-state index contributed by atoms with van der Waals surface area (Å²) in [6, 6.07) is 5.03. The highest BCUT2D eigenvalue weighted by molar-refractivity contribution is 5.98. The third-order valence-electron chi connectivity index (χ3n) is 4.90. The molecule has 1 saturated heterocycles. The van der Waals surface area contributed by atoms with Crippen molar-refractivity contribution in [2.75, 3.05) is 36.5 Å². The van der Waals surface area contributed by atoms with Crippen molar-refractivity contribution >= 4 is 35.7 Å². The number of benzene rings is 1. The van der Waals surface area contributed by atoms with Crippen LogP contribution in [-0.4, -0.2) is 44.3 Å². The van der Waals surface area contributed by atoms with Crippen LogP contribution in [0.1, 0.15) is 25.3 Å². The highest BCUT2D eigenvalue weighted by Gasteiger charge is 2.28. The number of fused-ring (bicyclic) bond motifs is 1. The zero-order valence-electron chi connectivity index (χ0n) is 15.0. The van der Waals surface area contributed by atoms with Crippen LogP contribution in [0.25, 0.3) is 0 Å². The Hall–Kier alpha value is -1.83. The van der Waals surface area contributed by atoms with Gasteiger partial charge in [-0.3, -0.25) is 9.69 Å². The topological polar surface area (TPSA) is 96.7 Å². The number of amides is 3. The summed E-state index contributed by atoms with van der Waals surface area (Å²) in [4.78, 5) is 26.3. The monoisotopic (exact) mass is 382 g/mol. The first kappa shape index (κ1) is 20.5. The van der Waals surface area contributed by atoms with Crippen molar-refractivity contribution in [3.8, 4) is 0 Å². The zero-order chi connectivity index (χ0) is 17.8. The average Bonchev–Trinajstić information content (AvgIpc) is 3.05. The molecular weight excluding hydrogens is 356 g/mol. The average molecular weight is 383 g/mol. The van der Waals surface area contributed by atoms with Crippen LogP contribution in [0, 0.1) is 5.92 Å². The van der Waals surface area contributed by atoms with Crippen molar-refractivity contribution < 1.29 is 14.3 Å². The molecular formula is C18H27ClN4O3. The van der Waals surface area contributed by atoms with Gasteiger partial charge in [0.25, 0.3) is 0 Å². The predicted octanol–water partition coefficient (Wildman–Crippen LogP) is 1.89. The van der Waals surface area contributed by atoms with Crippen LogP contribution in [0.2, 0.25) is 0 Å². The number of ether oxygens (including phenoxy) is 1. The largest absolute Gasteiger partial charge is 0.381 e. The molecule has 2 aliphatic heterocycles. The van der Waals surface area contributed by atoms with Crippen LogP contribution >= 0.6 is 12.4 Å². The van der Waals surface area contributed by atoms with Gasteiger partial charge >= 0.3 is 6.03 Å². The van der Waals surface area contributed by atoms with E-state index in [0.717, 1.165) is 30.5 Å². The summed E-state index contributed by atoms with van der Waals surface area (Å²) in [6.07, 6.45) is 2.44. The van der Waals surface area contributed by atoms with Gasteiger partial charge in [-0.25, -0.2) is 4.79 Å². The van der Waals surface area contributed by atoms with E-state index in [0.29, 0.717) is 32.0 Å². The second-order valence-corrected chi connectivity index (χ2v) is 6.55. The lowest BCUT2D eigenvalue weighted by Gasteiger charge is -2.26. The standard InChI is InChI=1S/C18H26N4O3.ClH/c1-2-20-18(24)22-8-5-12-3-4-14(11-15(12)22)21-17(23)16(19)13-6-9-25-10-7-13;/h3-4,11,13,16H,2,5-10,19H2,1H3,(H,20,24)(H,21,23);1H.